The SMILES string of the molecule is CC1CCCC1CNCC(O)c1ccccc1Cl. The summed E-state index contributed by atoms with van der Waals surface area (Å²) in [4.78, 5) is 0. The Morgan fingerprint density at radius 1 is 1.39 bits per heavy atom. The minimum Gasteiger partial charge on any atom is -0.387 e. The summed E-state index contributed by atoms with van der Waals surface area (Å²) in [6.07, 6.45) is 3.49. The van der Waals surface area contributed by atoms with Crippen LogP contribution in [0.25, 0.3) is 0 Å². The topological polar surface area (TPSA) is 32.3 Å². The Morgan fingerprint density at radius 3 is 2.83 bits per heavy atom. The predicted molar refractivity (Wildman–Crippen MR) is 75.8 cm³/mol. The first-order chi connectivity index (χ1) is 8.68. The van der Waals surface area contributed by atoms with E-state index in [1.165, 1.54) is 19.3 Å². The number of aliphatic hydroxyl groups is 1. The van der Waals surface area contributed by atoms with Crippen LogP contribution in [0.1, 0.15) is 37.9 Å². The van der Waals surface area contributed by atoms with Gasteiger partial charge in [0.1, 0.15) is 0 Å². The average Bonchev–Trinajstić information content (AvgIpc) is 2.75. The minimum absolute atomic E-state index is 0.518. The van der Waals surface area contributed by atoms with E-state index < -0.39 is 6.10 Å². The molecular formula is C15H22ClNO. The summed E-state index contributed by atoms with van der Waals surface area (Å²) in [5.41, 5.74) is 0.811. The molecule has 3 unspecified atom stereocenters. The molecule has 0 heterocycles. The summed E-state index contributed by atoms with van der Waals surface area (Å²) >= 11 is 6.06. The molecule has 1 aromatic carbocycles. The molecule has 0 saturated heterocycles. The van der Waals surface area contributed by atoms with Crippen LogP contribution < -0.4 is 5.32 Å². The highest BCUT2D eigenvalue weighted by Crippen LogP contribution is 2.30. The second-order valence-corrected chi connectivity index (χ2v) is 5.77. The molecular weight excluding hydrogens is 246 g/mol. The molecule has 100 valence electrons. The van der Waals surface area contributed by atoms with E-state index in [0.717, 1.165) is 23.9 Å². The van der Waals surface area contributed by atoms with Crippen LogP contribution in [0.15, 0.2) is 24.3 Å². The molecule has 3 heteroatoms. The van der Waals surface area contributed by atoms with Gasteiger partial charge < -0.3 is 10.4 Å². The van der Waals surface area contributed by atoms with Crippen LogP contribution >= 0.6 is 11.6 Å². The molecule has 1 aromatic rings. The van der Waals surface area contributed by atoms with E-state index in [4.69, 9.17) is 11.6 Å². The van der Waals surface area contributed by atoms with E-state index in [-0.39, 0.29) is 0 Å². The second-order valence-electron chi connectivity index (χ2n) is 5.36. The fraction of sp³-hybridized carbons (Fsp3) is 0.600. The maximum absolute atomic E-state index is 10.1. The molecule has 1 fully saturated rings. The zero-order valence-corrected chi connectivity index (χ0v) is 11.7. The van der Waals surface area contributed by atoms with Crippen molar-refractivity contribution in [3.05, 3.63) is 34.9 Å². The third-order valence-corrected chi connectivity index (χ3v) is 4.39. The number of aliphatic hydroxyl groups excluding tert-OH is 1. The number of hydrogen-bond acceptors (Lipinski definition) is 2. The standard InChI is InChI=1S/C15H22ClNO/c1-11-5-4-6-12(11)9-17-10-15(18)13-7-2-3-8-14(13)16/h2-3,7-8,11-12,15,17-18H,4-6,9-10H2,1H3. The van der Waals surface area contributed by atoms with Crippen LogP contribution in [-0.2, 0) is 0 Å². The lowest BCUT2D eigenvalue weighted by molar-refractivity contribution is 0.171. The van der Waals surface area contributed by atoms with Crippen molar-refractivity contribution in [2.75, 3.05) is 13.1 Å². The van der Waals surface area contributed by atoms with Crippen LogP contribution in [0.4, 0.5) is 0 Å². The molecule has 0 aliphatic heterocycles. The van der Waals surface area contributed by atoms with Gasteiger partial charge in [-0.1, -0.05) is 49.6 Å². The van der Waals surface area contributed by atoms with Crippen LogP contribution in [0.3, 0.4) is 0 Å². The molecule has 0 spiro atoms. The van der Waals surface area contributed by atoms with Crippen LogP contribution in [0.5, 0.6) is 0 Å². The molecule has 0 amide bonds. The molecule has 1 saturated carbocycles. The van der Waals surface area contributed by atoms with Gasteiger partial charge in [0.15, 0.2) is 0 Å². The summed E-state index contributed by atoms with van der Waals surface area (Å²) in [5, 5.41) is 14.1. The van der Waals surface area contributed by atoms with E-state index in [1.807, 2.05) is 24.3 Å². The van der Waals surface area contributed by atoms with Gasteiger partial charge in [-0.25, -0.2) is 0 Å². The van der Waals surface area contributed by atoms with E-state index >= 15 is 0 Å². The van der Waals surface area contributed by atoms with E-state index in [2.05, 4.69) is 12.2 Å². The van der Waals surface area contributed by atoms with Crippen molar-refractivity contribution in [1.29, 1.82) is 0 Å². The Balaban J connectivity index is 1.78. The maximum Gasteiger partial charge on any atom is 0.0928 e. The molecule has 1 aliphatic rings. The van der Waals surface area contributed by atoms with Crippen molar-refractivity contribution in [2.45, 2.75) is 32.3 Å². The van der Waals surface area contributed by atoms with Crippen molar-refractivity contribution in [2.24, 2.45) is 11.8 Å². The lowest BCUT2D eigenvalue weighted by atomic mass is 9.98. The molecule has 2 nitrogen and oxygen atoms in total. The van der Waals surface area contributed by atoms with Crippen molar-refractivity contribution < 1.29 is 5.11 Å². The van der Waals surface area contributed by atoms with Crippen molar-refractivity contribution in [1.82, 2.24) is 5.32 Å². The van der Waals surface area contributed by atoms with Gasteiger partial charge in [-0.05, 0) is 30.9 Å². The van der Waals surface area contributed by atoms with E-state index in [1.54, 1.807) is 0 Å². The highest BCUT2D eigenvalue weighted by molar-refractivity contribution is 6.31. The Kier molecular flexibility index (Phi) is 5.04. The molecule has 18 heavy (non-hydrogen) atoms. The summed E-state index contributed by atoms with van der Waals surface area (Å²) < 4.78 is 0. The lowest BCUT2D eigenvalue weighted by Gasteiger charge is -2.18. The molecule has 2 N–H and O–H groups in total. The van der Waals surface area contributed by atoms with Gasteiger partial charge in [0.2, 0.25) is 0 Å². The molecule has 0 radical (unpaired) electrons. The monoisotopic (exact) mass is 267 g/mol. The third-order valence-electron chi connectivity index (χ3n) is 4.05. The fourth-order valence-corrected chi connectivity index (χ4v) is 3.05. The van der Waals surface area contributed by atoms with E-state index in [9.17, 15) is 5.11 Å². The first-order valence-electron chi connectivity index (χ1n) is 6.81. The Bertz CT molecular complexity index is 383. The summed E-state index contributed by atoms with van der Waals surface area (Å²) in [6, 6.07) is 7.49. The first kappa shape index (κ1) is 13.9. The molecule has 3 atom stereocenters. The van der Waals surface area contributed by atoms with Gasteiger partial charge in [-0.3, -0.25) is 0 Å². The number of nitrogens with one attached hydrogen (secondary N) is 1. The first-order valence-corrected chi connectivity index (χ1v) is 7.19. The molecule has 0 aromatic heterocycles. The minimum atomic E-state index is -0.518. The predicted octanol–water partition coefficient (Wildman–Crippen LogP) is 3.40. The summed E-state index contributed by atoms with van der Waals surface area (Å²) in [5.74, 6) is 1.58. The van der Waals surface area contributed by atoms with Gasteiger partial charge in [0, 0.05) is 17.1 Å². The van der Waals surface area contributed by atoms with Crippen LogP contribution in [-0.4, -0.2) is 18.2 Å². The third kappa shape index (κ3) is 3.47. The van der Waals surface area contributed by atoms with E-state index in [0.29, 0.717) is 11.6 Å². The van der Waals surface area contributed by atoms with Crippen molar-refractivity contribution in [3.8, 4) is 0 Å². The lowest BCUT2D eigenvalue weighted by Crippen LogP contribution is -2.28. The normalized spacial score (nSPS) is 25.3. The molecule has 2 rings (SSSR count). The zero-order chi connectivity index (χ0) is 13.0. The van der Waals surface area contributed by atoms with Crippen molar-refractivity contribution >= 4 is 11.6 Å². The van der Waals surface area contributed by atoms with Crippen molar-refractivity contribution in [3.63, 3.8) is 0 Å². The zero-order valence-electron chi connectivity index (χ0n) is 10.9. The van der Waals surface area contributed by atoms with Crippen LogP contribution in [0, 0.1) is 11.8 Å². The Morgan fingerprint density at radius 2 is 2.17 bits per heavy atom. The quantitative estimate of drug-likeness (QED) is 0.857. The van der Waals surface area contributed by atoms with Gasteiger partial charge in [-0.15, -0.1) is 0 Å². The highest BCUT2D eigenvalue weighted by Gasteiger charge is 2.23. The maximum atomic E-state index is 10.1. The fourth-order valence-electron chi connectivity index (χ4n) is 2.79. The largest absolute Gasteiger partial charge is 0.387 e. The number of benzene rings is 1. The second kappa shape index (κ2) is 6.55. The number of halogens is 1. The molecule has 1 aliphatic carbocycles. The van der Waals surface area contributed by atoms with Gasteiger partial charge in [-0.2, -0.15) is 0 Å². The average molecular weight is 268 g/mol. The van der Waals surface area contributed by atoms with Gasteiger partial charge >= 0.3 is 0 Å². The molecule has 0 bridgehead atoms. The number of hydrogen-bond donors (Lipinski definition) is 2. The van der Waals surface area contributed by atoms with Gasteiger partial charge in [0.25, 0.3) is 0 Å². The Labute approximate surface area is 114 Å². The highest BCUT2D eigenvalue weighted by atomic mass is 35.5. The summed E-state index contributed by atoms with van der Waals surface area (Å²) in [7, 11) is 0. The summed E-state index contributed by atoms with van der Waals surface area (Å²) in [6.45, 7) is 3.90. The Hall–Kier alpha value is -0.570. The van der Waals surface area contributed by atoms with Crippen LogP contribution in [0.2, 0.25) is 5.02 Å². The number of rotatable bonds is 5. The smallest absolute Gasteiger partial charge is 0.0928 e. The van der Waals surface area contributed by atoms with Gasteiger partial charge in [0.05, 0.1) is 6.10 Å².